The molecule has 1 aliphatic heterocycles. The molecule has 5 rings (SSSR count). The minimum atomic E-state index is -3.56. The zero-order chi connectivity index (χ0) is 23.0. The molecule has 168 valence electrons. The summed E-state index contributed by atoms with van der Waals surface area (Å²) in [6.45, 7) is 0.900. The fraction of sp³-hybridized carbons (Fsp3) is 0.160. The van der Waals surface area contributed by atoms with Gasteiger partial charge in [-0.15, -0.1) is 0 Å². The summed E-state index contributed by atoms with van der Waals surface area (Å²) in [4.78, 5) is 17.9. The minimum absolute atomic E-state index is 0.118. The number of nitrogens with zero attached hydrogens (tertiary/aromatic N) is 1. The summed E-state index contributed by atoms with van der Waals surface area (Å²) in [5, 5.41) is 0.942. The van der Waals surface area contributed by atoms with E-state index in [4.69, 9.17) is 4.42 Å². The second-order valence-corrected chi connectivity index (χ2v) is 9.95. The highest BCUT2D eigenvalue weighted by Crippen LogP contribution is 2.30. The van der Waals surface area contributed by atoms with E-state index >= 15 is 0 Å². The van der Waals surface area contributed by atoms with Gasteiger partial charge in [0.2, 0.25) is 0 Å². The molecule has 0 radical (unpaired) electrons. The number of hydrogen-bond donors (Lipinski definition) is 1. The number of fused-ring (bicyclic) bond motifs is 1. The fourth-order valence-corrected chi connectivity index (χ4v) is 5.36. The van der Waals surface area contributed by atoms with Gasteiger partial charge in [-0.05, 0) is 54.5 Å². The molecule has 1 aliphatic rings. The molecule has 6 nitrogen and oxygen atoms in total. The minimum Gasteiger partial charge on any atom is -0.455 e. The highest BCUT2D eigenvalue weighted by molar-refractivity contribution is 7.90. The lowest BCUT2D eigenvalue weighted by atomic mass is 9.99. The van der Waals surface area contributed by atoms with Crippen LogP contribution in [0.1, 0.15) is 28.3 Å². The highest BCUT2D eigenvalue weighted by atomic mass is 32.2. The van der Waals surface area contributed by atoms with Crippen molar-refractivity contribution in [3.63, 3.8) is 0 Å². The van der Waals surface area contributed by atoms with Gasteiger partial charge in [-0.2, -0.15) is 0 Å². The van der Waals surface area contributed by atoms with E-state index in [-0.39, 0.29) is 33.9 Å². The first-order chi connectivity index (χ1) is 15.9. The third-order valence-corrected chi connectivity index (χ3v) is 7.45. The van der Waals surface area contributed by atoms with Crippen molar-refractivity contribution in [2.75, 3.05) is 13.1 Å². The maximum absolute atomic E-state index is 13.4. The van der Waals surface area contributed by atoms with Crippen molar-refractivity contribution in [2.24, 2.45) is 0 Å². The van der Waals surface area contributed by atoms with E-state index in [2.05, 4.69) is 4.98 Å². The predicted molar refractivity (Wildman–Crippen MR) is 123 cm³/mol. The second kappa shape index (κ2) is 8.37. The Balaban J connectivity index is 1.28. The monoisotopic (exact) mass is 464 g/mol. The summed E-state index contributed by atoms with van der Waals surface area (Å²) in [6, 6.07) is 15.8. The van der Waals surface area contributed by atoms with Gasteiger partial charge >= 0.3 is 0 Å². The van der Waals surface area contributed by atoms with E-state index < -0.39 is 9.84 Å². The largest absolute Gasteiger partial charge is 0.455 e. The van der Waals surface area contributed by atoms with E-state index in [9.17, 15) is 17.6 Å². The number of furan rings is 1. The molecule has 2 aromatic heterocycles. The highest BCUT2D eigenvalue weighted by Gasteiger charge is 2.24. The molecule has 0 spiro atoms. The van der Waals surface area contributed by atoms with Gasteiger partial charge in [-0.1, -0.05) is 24.3 Å². The van der Waals surface area contributed by atoms with Crippen LogP contribution in [0.5, 0.6) is 0 Å². The summed E-state index contributed by atoms with van der Waals surface area (Å²) in [6.07, 6.45) is 4.49. The summed E-state index contributed by atoms with van der Waals surface area (Å²) in [7, 11) is -3.56. The standard InChI is InChI=1S/C25H21FN2O4S/c26-18-6-8-21-22(15-27-23(21)14-18)17-10-12-28(13-11-17)25(29)24-9-7-19(32-24)16-33(30,31)20-4-2-1-3-5-20/h1-10,14-15,27H,11-13,16H2. The molecule has 33 heavy (non-hydrogen) atoms. The number of aromatic amines is 1. The third kappa shape index (κ3) is 4.21. The number of H-pyrrole nitrogens is 1. The average molecular weight is 465 g/mol. The Labute approximate surface area is 190 Å². The number of rotatable bonds is 5. The van der Waals surface area contributed by atoms with Crippen molar-refractivity contribution in [2.45, 2.75) is 17.1 Å². The quantitative estimate of drug-likeness (QED) is 0.460. The van der Waals surface area contributed by atoms with Crippen LogP contribution in [0.2, 0.25) is 0 Å². The molecule has 3 heterocycles. The molecule has 0 unspecified atom stereocenters. The zero-order valence-corrected chi connectivity index (χ0v) is 18.4. The number of nitrogens with one attached hydrogen (secondary N) is 1. The first-order valence-corrected chi connectivity index (χ1v) is 12.2. The Bertz CT molecular complexity index is 1470. The maximum atomic E-state index is 13.4. The molecular formula is C25H21FN2O4S. The Kier molecular flexibility index (Phi) is 5.38. The van der Waals surface area contributed by atoms with Crippen LogP contribution >= 0.6 is 0 Å². The van der Waals surface area contributed by atoms with Gasteiger partial charge < -0.3 is 14.3 Å². The number of carbonyl (C=O) groups is 1. The number of aromatic nitrogens is 1. The lowest BCUT2D eigenvalue weighted by molar-refractivity contribution is 0.0739. The number of amides is 1. The molecule has 1 amide bonds. The van der Waals surface area contributed by atoms with E-state index in [1.165, 1.54) is 36.4 Å². The molecular weight excluding hydrogens is 443 g/mol. The van der Waals surface area contributed by atoms with Gasteiger partial charge in [-0.25, -0.2) is 12.8 Å². The second-order valence-electron chi connectivity index (χ2n) is 7.96. The summed E-state index contributed by atoms with van der Waals surface area (Å²) in [5.74, 6) is -0.543. The topological polar surface area (TPSA) is 83.4 Å². The molecule has 0 aliphatic carbocycles. The van der Waals surface area contributed by atoms with E-state index in [1.807, 2.05) is 12.3 Å². The molecule has 2 aromatic carbocycles. The van der Waals surface area contributed by atoms with E-state index in [0.29, 0.717) is 19.5 Å². The lowest BCUT2D eigenvalue weighted by Crippen LogP contribution is -2.34. The van der Waals surface area contributed by atoms with Crippen molar-refractivity contribution in [3.8, 4) is 0 Å². The van der Waals surface area contributed by atoms with E-state index in [0.717, 1.165) is 22.0 Å². The molecule has 0 fully saturated rings. The summed E-state index contributed by atoms with van der Waals surface area (Å²) < 4.78 is 44.2. The molecule has 1 N–H and O–H groups in total. The van der Waals surface area contributed by atoms with Crippen molar-refractivity contribution in [3.05, 3.63) is 95.8 Å². The Morgan fingerprint density at radius 2 is 1.91 bits per heavy atom. The van der Waals surface area contributed by atoms with Crippen LogP contribution in [-0.2, 0) is 15.6 Å². The Hall–Kier alpha value is -3.65. The van der Waals surface area contributed by atoms with Gasteiger partial charge in [0.1, 0.15) is 17.3 Å². The van der Waals surface area contributed by atoms with Crippen molar-refractivity contribution in [1.29, 1.82) is 0 Å². The molecule has 0 bridgehead atoms. The predicted octanol–water partition coefficient (Wildman–Crippen LogP) is 4.80. The maximum Gasteiger partial charge on any atom is 0.289 e. The number of hydrogen-bond acceptors (Lipinski definition) is 4. The molecule has 0 saturated heterocycles. The summed E-state index contributed by atoms with van der Waals surface area (Å²) in [5.41, 5.74) is 2.83. The fourth-order valence-electron chi connectivity index (χ4n) is 4.09. The van der Waals surface area contributed by atoms with Crippen LogP contribution in [-0.4, -0.2) is 37.3 Å². The van der Waals surface area contributed by atoms with Crippen LogP contribution in [0.15, 0.2) is 82.2 Å². The number of benzene rings is 2. The Morgan fingerprint density at radius 3 is 2.67 bits per heavy atom. The number of halogens is 1. The van der Waals surface area contributed by atoms with Crippen LogP contribution in [0, 0.1) is 5.82 Å². The third-order valence-electron chi connectivity index (χ3n) is 5.79. The van der Waals surface area contributed by atoms with Crippen LogP contribution in [0.3, 0.4) is 0 Å². The lowest BCUT2D eigenvalue weighted by Gasteiger charge is -2.25. The van der Waals surface area contributed by atoms with Crippen molar-refractivity contribution < 1.29 is 22.0 Å². The first-order valence-electron chi connectivity index (χ1n) is 10.5. The van der Waals surface area contributed by atoms with Crippen LogP contribution in [0.25, 0.3) is 16.5 Å². The number of carbonyl (C=O) groups excluding carboxylic acids is 1. The smallest absolute Gasteiger partial charge is 0.289 e. The van der Waals surface area contributed by atoms with Crippen molar-refractivity contribution in [1.82, 2.24) is 9.88 Å². The summed E-state index contributed by atoms with van der Waals surface area (Å²) >= 11 is 0. The Morgan fingerprint density at radius 1 is 1.09 bits per heavy atom. The molecule has 8 heteroatoms. The molecule has 0 atom stereocenters. The number of sulfone groups is 1. The van der Waals surface area contributed by atoms with Gasteiger partial charge in [0.25, 0.3) is 5.91 Å². The normalized spacial score (nSPS) is 14.5. The van der Waals surface area contributed by atoms with Gasteiger partial charge in [-0.3, -0.25) is 4.79 Å². The first kappa shape index (κ1) is 21.2. The average Bonchev–Trinajstić information content (AvgIpc) is 3.46. The van der Waals surface area contributed by atoms with Crippen LogP contribution < -0.4 is 0 Å². The van der Waals surface area contributed by atoms with Gasteiger partial charge in [0.15, 0.2) is 15.6 Å². The molecule has 0 saturated carbocycles. The molecule has 4 aromatic rings. The van der Waals surface area contributed by atoms with E-state index in [1.54, 1.807) is 29.2 Å². The SMILES string of the molecule is O=C(c1ccc(CS(=O)(=O)c2ccccc2)o1)N1CC=C(c2c[nH]c3cc(F)ccc23)CC1. The van der Waals surface area contributed by atoms with Crippen molar-refractivity contribution >= 4 is 32.2 Å². The van der Waals surface area contributed by atoms with Crippen LogP contribution in [0.4, 0.5) is 4.39 Å². The van der Waals surface area contributed by atoms with Gasteiger partial charge in [0, 0.05) is 35.8 Å². The van der Waals surface area contributed by atoms with Gasteiger partial charge in [0.05, 0.1) is 4.90 Å². The zero-order valence-electron chi connectivity index (χ0n) is 17.6.